The van der Waals surface area contributed by atoms with Gasteiger partial charge in [0.2, 0.25) is 0 Å². The summed E-state index contributed by atoms with van der Waals surface area (Å²) in [6, 6.07) is 2.02. The summed E-state index contributed by atoms with van der Waals surface area (Å²) in [6.45, 7) is 10.0. The minimum absolute atomic E-state index is 0.194. The van der Waals surface area contributed by atoms with Gasteiger partial charge in [0.15, 0.2) is 0 Å². The van der Waals surface area contributed by atoms with Crippen LogP contribution in [-0.2, 0) is 6.42 Å². The molecule has 1 aromatic heterocycles. The molecular weight excluding hydrogens is 212 g/mol. The summed E-state index contributed by atoms with van der Waals surface area (Å²) >= 11 is 0. The van der Waals surface area contributed by atoms with Crippen LogP contribution in [0.15, 0.2) is 6.07 Å². The van der Waals surface area contributed by atoms with E-state index in [9.17, 15) is 0 Å². The Morgan fingerprint density at radius 3 is 2.65 bits per heavy atom. The summed E-state index contributed by atoms with van der Waals surface area (Å²) in [6.07, 6.45) is 1.94. The van der Waals surface area contributed by atoms with E-state index in [0.29, 0.717) is 0 Å². The van der Waals surface area contributed by atoms with Crippen LogP contribution >= 0.6 is 0 Å². The first-order valence-corrected chi connectivity index (χ1v) is 6.25. The highest BCUT2D eigenvalue weighted by atomic mass is 15.0. The molecule has 1 heterocycles. The molecule has 0 saturated heterocycles. The highest BCUT2D eigenvalue weighted by Crippen LogP contribution is 2.20. The van der Waals surface area contributed by atoms with Gasteiger partial charge in [0.1, 0.15) is 11.6 Å². The normalized spacial score (nSPS) is 11.6. The standard InChI is InChI=1S/C13H24N4/c1-5-11-8-12(17-10(2)16-11)15-9-13(3,4)6-7-14/h8H,5-7,9,14H2,1-4H3,(H,15,16,17). The second-order valence-corrected chi connectivity index (χ2v) is 5.20. The lowest BCUT2D eigenvalue weighted by atomic mass is 9.89. The molecule has 0 bridgehead atoms. The first-order valence-electron chi connectivity index (χ1n) is 6.25. The van der Waals surface area contributed by atoms with Crippen LogP contribution in [-0.4, -0.2) is 23.1 Å². The highest BCUT2D eigenvalue weighted by Gasteiger charge is 2.16. The number of aryl methyl sites for hydroxylation is 2. The van der Waals surface area contributed by atoms with E-state index in [-0.39, 0.29) is 5.41 Å². The first-order chi connectivity index (χ1) is 7.96. The van der Waals surface area contributed by atoms with Crippen LogP contribution in [0.4, 0.5) is 5.82 Å². The van der Waals surface area contributed by atoms with Crippen molar-refractivity contribution in [2.45, 2.75) is 40.5 Å². The number of aromatic nitrogens is 2. The van der Waals surface area contributed by atoms with Crippen molar-refractivity contribution in [3.05, 3.63) is 17.6 Å². The van der Waals surface area contributed by atoms with Crippen LogP contribution in [0.3, 0.4) is 0 Å². The van der Waals surface area contributed by atoms with Gasteiger partial charge in [-0.25, -0.2) is 9.97 Å². The highest BCUT2D eigenvalue weighted by molar-refractivity contribution is 5.36. The topological polar surface area (TPSA) is 63.8 Å². The largest absolute Gasteiger partial charge is 0.369 e. The predicted molar refractivity (Wildman–Crippen MR) is 72.1 cm³/mol. The minimum Gasteiger partial charge on any atom is -0.369 e. The van der Waals surface area contributed by atoms with Crippen molar-refractivity contribution >= 4 is 5.82 Å². The molecule has 0 radical (unpaired) electrons. The average Bonchev–Trinajstić information content (AvgIpc) is 2.26. The SMILES string of the molecule is CCc1cc(NCC(C)(C)CCN)nc(C)n1. The monoisotopic (exact) mass is 236 g/mol. The van der Waals surface area contributed by atoms with E-state index in [1.54, 1.807) is 0 Å². The number of hydrogen-bond donors (Lipinski definition) is 2. The van der Waals surface area contributed by atoms with Crippen LogP contribution in [0.2, 0.25) is 0 Å². The number of anilines is 1. The lowest BCUT2D eigenvalue weighted by Gasteiger charge is -2.24. The van der Waals surface area contributed by atoms with Crippen molar-refractivity contribution < 1.29 is 0 Å². The summed E-state index contributed by atoms with van der Waals surface area (Å²) < 4.78 is 0. The molecule has 0 amide bonds. The van der Waals surface area contributed by atoms with Gasteiger partial charge in [-0.1, -0.05) is 20.8 Å². The fraction of sp³-hybridized carbons (Fsp3) is 0.692. The molecule has 0 aliphatic heterocycles. The smallest absolute Gasteiger partial charge is 0.129 e. The molecular formula is C13H24N4. The van der Waals surface area contributed by atoms with Gasteiger partial charge < -0.3 is 11.1 Å². The summed E-state index contributed by atoms with van der Waals surface area (Å²) in [5.41, 5.74) is 6.87. The molecule has 96 valence electrons. The summed E-state index contributed by atoms with van der Waals surface area (Å²) in [5, 5.41) is 3.38. The van der Waals surface area contributed by atoms with E-state index in [1.807, 2.05) is 13.0 Å². The molecule has 1 rings (SSSR count). The van der Waals surface area contributed by atoms with E-state index >= 15 is 0 Å². The molecule has 0 saturated carbocycles. The van der Waals surface area contributed by atoms with E-state index in [0.717, 1.165) is 43.3 Å². The molecule has 17 heavy (non-hydrogen) atoms. The Balaban J connectivity index is 2.65. The lowest BCUT2D eigenvalue weighted by molar-refractivity contribution is 0.365. The molecule has 0 aliphatic carbocycles. The van der Waals surface area contributed by atoms with Crippen molar-refractivity contribution in [1.82, 2.24) is 9.97 Å². The Morgan fingerprint density at radius 2 is 2.06 bits per heavy atom. The predicted octanol–water partition coefficient (Wildman–Crippen LogP) is 2.13. The van der Waals surface area contributed by atoms with Gasteiger partial charge in [0.25, 0.3) is 0 Å². The Labute approximate surface area is 104 Å². The van der Waals surface area contributed by atoms with Gasteiger partial charge in [-0.3, -0.25) is 0 Å². The van der Waals surface area contributed by atoms with Crippen molar-refractivity contribution in [2.75, 3.05) is 18.4 Å². The molecule has 0 aliphatic rings. The number of nitrogens with two attached hydrogens (primary N) is 1. The maximum atomic E-state index is 5.60. The van der Waals surface area contributed by atoms with Crippen molar-refractivity contribution in [1.29, 1.82) is 0 Å². The molecule has 4 heteroatoms. The number of nitrogens with one attached hydrogen (secondary N) is 1. The maximum Gasteiger partial charge on any atom is 0.129 e. The van der Waals surface area contributed by atoms with Crippen molar-refractivity contribution in [2.24, 2.45) is 11.1 Å². The van der Waals surface area contributed by atoms with Crippen molar-refractivity contribution in [3.8, 4) is 0 Å². The fourth-order valence-electron chi connectivity index (χ4n) is 1.71. The van der Waals surface area contributed by atoms with E-state index in [1.165, 1.54) is 0 Å². The zero-order valence-corrected chi connectivity index (χ0v) is 11.4. The van der Waals surface area contributed by atoms with Gasteiger partial charge in [0.05, 0.1) is 0 Å². The summed E-state index contributed by atoms with van der Waals surface area (Å²) in [7, 11) is 0. The van der Waals surface area contributed by atoms with Gasteiger partial charge in [-0.15, -0.1) is 0 Å². The Kier molecular flexibility index (Phi) is 4.87. The van der Waals surface area contributed by atoms with Gasteiger partial charge in [-0.05, 0) is 31.7 Å². The second kappa shape index (κ2) is 5.96. The fourth-order valence-corrected chi connectivity index (χ4v) is 1.71. The van der Waals surface area contributed by atoms with Crippen LogP contribution in [0.25, 0.3) is 0 Å². The van der Waals surface area contributed by atoms with Crippen LogP contribution < -0.4 is 11.1 Å². The number of hydrogen-bond acceptors (Lipinski definition) is 4. The third-order valence-corrected chi connectivity index (χ3v) is 2.82. The molecule has 3 N–H and O–H groups in total. The molecule has 0 fully saturated rings. The number of nitrogens with zero attached hydrogens (tertiary/aromatic N) is 2. The summed E-state index contributed by atoms with van der Waals surface area (Å²) in [4.78, 5) is 8.75. The average molecular weight is 236 g/mol. The maximum absolute atomic E-state index is 5.60. The zero-order valence-electron chi connectivity index (χ0n) is 11.4. The molecule has 4 nitrogen and oxygen atoms in total. The molecule has 1 aromatic rings. The van der Waals surface area contributed by atoms with Crippen LogP contribution in [0.1, 0.15) is 38.7 Å². The van der Waals surface area contributed by atoms with Crippen molar-refractivity contribution in [3.63, 3.8) is 0 Å². The third kappa shape index (κ3) is 4.69. The van der Waals surface area contributed by atoms with E-state index in [2.05, 4.69) is 36.1 Å². The zero-order chi connectivity index (χ0) is 12.9. The molecule has 0 aromatic carbocycles. The molecule has 0 spiro atoms. The Bertz CT molecular complexity index is 360. The number of rotatable bonds is 6. The minimum atomic E-state index is 0.194. The van der Waals surface area contributed by atoms with E-state index in [4.69, 9.17) is 5.73 Å². The Morgan fingerprint density at radius 1 is 1.35 bits per heavy atom. The first kappa shape index (κ1) is 13.9. The van der Waals surface area contributed by atoms with E-state index < -0.39 is 0 Å². The van der Waals surface area contributed by atoms with Gasteiger partial charge in [0, 0.05) is 18.3 Å². The van der Waals surface area contributed by atoms with Crippen LogP contribution in [0, 0.1) is 12.3 Å². The quantitative estimate of drug-likeness (QED) is 0.794. The molecule has 0 unspecified atom stereocenters. The van der Waals surface area contributed by atoms with Crippen LogP contribution in [0.5, 0.6) is 0 Å². The third-order valence-electron chi connectivity index (χ3n) is 2.82. The van der Waals surface area contributed by atoms with Gasteiger partial charge >= 0.3 is 0 Å². The Hall–Kier alpha value is -1.16. The molecule has 0 atom stereocenters. The van der Waals surface area contributed by atoms with Gasteiger partial charge in [-0.2, -0.15) is 0 Å². The lowest BCUT2D eigenvalue weighted by Crippen LogP contribution is -2.26. The second-order valence-electron chi connectivity index (χ2n) is 5.20. The summed E-state index contributed by atoms with van der Waals surface area (Å²) in [5.74, 6) is 1.74.